The molecule has 1 aromatic heterocycles. The zero-order chi connectivity index (χ0) is 14.7. The van der Waals surface area contributed by atoms with Crippen molar-refractivity contribution in [3.63, 3.8) is 0 Å². The number of nitrogens with zero attached hydrogens (tertiary/aromatic N) is 3. The number of aryl methyl sites for hydroxylation is 1. The van der Waals surface area contributed by atoms with E-state index >= 15 is 0 Å². The van der Waals surface area contributed by atoms with Crippen LogP contribution in [0.15, 0.2) is 0 Å². The normalized spacial score (nSPS) is 13.8. The number of urea groups is 1. The Labute approximate surface area is 117 Å². The molecule has 1 N–H and O–H groups in total. The molecular weight excluding hydrogens is 260 g/mol. The van der Waals surface area contributed by atoms with Gasteiger partial charge < -0.3 is 15.0 Å². The molecule has 0 aromatic carbocycles. The highest BCUT2D eigenvalue weighted by atomic mass is 16.5. The molecule has 1 aliphatic rings. The molecule has 1 aliphatic heterocycles. The standard InChI is InChI=1S/C13H20N4O3/c1-4-14-13(19)17-7-6-10-9(8-17)11(16(3)15-10)12(18)20-5-2/h4-8H2,1-3H3,(H,14,19). The number of carbonyl (C=O) groups is 2. The highest BCUT2D eigenvalue weighted by Gasteiger charge is 2.29. The lowest BCUT2D eigenvalue weighted by Crippen LogP contribution is -2.42. The highest BCUT2D eigenvalue weighted by Crippen LogP contribution is 2.22. The summed E-state index contributed by atoms with van der Waals surface area (Å²) in [5, 5.41) is 7.12. The molecule has 0 unspecified atom stereocenters. The van der Waals surface area contributed by atoms with Crippen molar-refractivity contribution in [1.82, 2.24) is 20.0 Å². The summed E-state index contributed by atoms with van der Waals surface area (Å²) in [6.45, 7) is 5.54. The van der Waals surface area contributed by atoms with E-state index in [4.69, 9.17) is 4.74 Å². The second kappa shape index (κ2) is 5.94. The van der Waals surface area contributed by atoms with E-state index in [-0.39, 0.29) is 12.0 Å². The second-order valence-corrected chi connectivity index (χ2v) is 4.62. The second-order valence-electron chi connectivity index (χ2n) is 4.62. The van der Waals surface area contributed by atoms with Crippen molar-refractivity contribution in [2.45, 2.75) is 26.8 Å². The average Bonchev–Trinajstić information content (AvgIpc) is 2.74. The summed E-state index contributed by atoms with van der Waals surface area (Å²) in [6.07, 6.45) is 0.652. The fourth-order valence-corrected chi connectivity index (χ4v) is 2.39. The molecule has 7 heteroatoms. The third-order valence-electron chi connectivity index (χ3n) is 3.28. The van der Waals surface area contributed by atoms with Crippen LogP contribution in [0.3, 0.4) is 0 Å². The summed E-state index contributed by atoms with van der Waals surface area (Å²) in [6, 6.07) is -0.114. The van der Waals surface area contributed by atoms with Crippen LogP contribution in [0, 0.1) is 0 Å². The maximum atomic E-state index is 12.0. The van der Waals surface area contributed by atoms with Crippen molar-refractivity contribution < 1.29 is 14.3 Å². The van der Waals surface area contributed by atoms with Crippen molar-refractivity contribution in [1.29, 1.82) is 0 Å². The molecular formula is C13H20N4O3. The van der Waals surface area contributed by atoms with Crippen molar-refractivity contribution in [2.24, 2.45) is 7.05 Å². The minimum Gasteiger partial charge on any atom is -0.461 e. The smallest absolute Gasteiger partial charge is 0.356 e. The van der Waals surface area contributed by atoms with Crippen LogP contribution in [0.5, 0.6) is 0 Å². The van der Waals surface area contributed by atoms with Gasteiger partial charge in [0.2, 0.25) is 0 Å². The number of nitrogens with one attached hydrogen (secondary N) is 1. The zero-order valence-electron chi connectivity index (χ0n) is 12.1. The number of aromatic nitrogens is 2. The van der Waals surface area contributed by atoms with Gasteiger partial charge in [-0.15, -0.1) is 0 Å². The number of hydrogen-bond donors (Lipinski definition) is 1. The van der Waals surface area contributed by atoms with Gasteiger partial charge in [-0.05, 0) is 13.8 Å². The first kappa shape index (κ1) is 14.4. The lowest BCUT2D eigenvalue weighted by atomic mass is 10.1. The molecule has 0 radical (unpaired) electrons. The van der Waals surface area contributed by atoms with E-state index in [0.29, 0.717) is 38.4 Å². The number of ether oxygens (including phenoxy) is 1. The molecule has 7 nitrogen and oxygen atoms in total. The maximum absolute atomic E-state index is 12.0. The average molecular weight is 280 g/mol. The zero-order valence-corrected chi connectivity index (χ0v) is 12.1. The van der Waals surface area contributed by atoms with E-state index in [9.17, 15) is 9.59 Å². The Bertz CT molecular complexity index is 524. The van der Waals surface area contributed by atoms with E-state index in [1.54, 1.807) is 23.6 Å². The van der Waals surface area contributed by atoms with E-state index in [1.807, 2.05) is 6.92 Å². The first-order valence-corrected chi connectivity index (χ1v) is 6.83. The Hall–Kier alpha value is -2.05. The molecule has 0 spiro atoms. The Kier molecular flexibility index (Phi) is 4.26. The molecule has 110 valence electrons. The Morgan fingerprint density at radius 1 is 1.40 bits per heavy atom. The van der Waals surface area contributed by atoms with Crippen LogP contribution >= 0.6 is 0 Å². The van der Waals surface area contributed by atoms with Crippen LogP contribution in [0.25, 0.3) is 0 Å². The van der Waals surface area contributed by atoms with Gasteiger partial charge in [0.05, 0.1) is 18.8 Å². The van der Waals surface area contributed by atoms with Crippen molar-refractivity contribution in [3.8, 4) is 0 Å². The SMILES string of the molecule is CCNC(=O)N1CCc2nn(C)c(C(=O)OCC)c2C1. The van der Waals surface area contributed by atoms with Crippen molar-refractivity contribution in [2.75, 3.05) is 19.7 Å². The van der Waals surface area contributed by atoms with Gasteiger partial charge in [0.1, 0.15) is 0 Å². The third kappa shape index (κ3) is 2.61. The van der Waals surface area contributed by atoms with Crippen LogP contribution in [0.1, 0.15) is 35.6 Å². The molecule has 0 saturated carbocycles. The highest BCUT2D eigenvalue weighted by molar-refractivity contribution is 5.90. The third-order valence-corrected chi connectivity index (χ3v) is 3.28. The fraction of sp³-hybridized carbons (Fsp3) is 0.615. The van der Waals surface area contributed by atoms with Gasteiger partial charge in [-0.1, -0.05) is 0 Å². The summed E-state index contributed by atoms with van der Waals surface area (Å²) in [7, 11) is 1.72. The minimum atomic E-state index is -0.388. The number of amides is 2. The topological polar surface area (TPSA) is 76.5 Å². The number of esters is 1. The molecule has 1 aromatic rings. The Morgan fingerprint density at radius 2 is 2.15 bits per heavy atom. The van der Waals surface area contributed by atoms with Crippen LogP contribution in [0.4, 0.5) is 4.79 Å². The Morgan fingerprint density at radius 3 is 2.80 bits per heavy atom. The van der Waals surface area contributed by atoms with E-state index in [0.717, 1.165) is 11.3 Å². The maximum Gasteiger partial charge on any atom is 0.356 e. The lowest BCUT2D eigenvalue weighted by molar-refractivity contribution is 0.0511. The Balaban J connectivity index is 2.25. The van der Waals surface area contributed by atoms with Crippen molar-refractivity contribution >= 4 is 12.0 Å². The first-order valence-electron chi connectivity index (χ1n) is 6.83. The summed E-state index contributed by atoms with van der Waals surface area (Å²) in [5.74, 6) is -0.388. The van der Waals surface area contributed by atoms with E-state index in [1.165, 1.54) is 0 Å². The molecule has 2 rings (SSSR count). The van der Waals surface area contributed by atoms with Gasteiger partial charge in [0.25, 0.3) is 0 Å². The molecule has 0 fully saturated rings. The first-order chi connectivity index (χ1) is 9.58. The van der Waals surface area contributed by atoms with Crippen LogP contribution in [0.2, 0.25) is 0 Å². The number of fused-ring (bicyclic) bond motifs is 1. The van der Waals surface area contributed by atoms with Gasteiger partial charge in [-0.3, -0.25) is 4.68 Å². The molecule has 0 aliphatic carbocycles. The molecule has 20 heavy (non-hydrogen) atoms. The van der Waals surface area contributed by atoms with Gasteiger partial charge in [0, 0.05) is 32.1 Å². The van der Waals surface area contributed by atoms with E-state index < -0.39 is 0 Å². The van der Waals surface area contributed by atoms with Gasteiger partial charge in [-0.2, -0.15) is 5.10 Å². The molecule has 0 atom stereocenters. The van der Waals surface area contributed by atoms with E-state index in [2.05, 4.69) is 10.4 Å². The molecule has 2 amide bonds. The largest absolute Gasteiger partial charge is 0.461 e. The lowest BCUT2D eigenvalue weighted by Gasteiger charge is -2.26. The number of carbonyl (C=O) groups excluding carboxylic acids is 2. The minimum absolute atomic E-state index is 0.114. The molecule has 0 bridgehead atoms. The molecule has 2 heterocycles. The van der Waals surface area contributed by atoms with Crippen molar-refractivity contribution in [3.05, 3.63) is 17.0 Å². The van der Waals surface area contributed by atoms with Crippen LogP contribution in [-0.4, -0.2) is 46.4 Å². The van der Waals surface area contributed by atoms with Crippen LogP contribution in [-0.2, 0) is 24.8 Å². The summed E-state index contributed by atoms with van der Waals surface area (Å²) in [4.78, 5) is 25.6. The predicted molar refractivity (Wildman–Crippen MR) is 72.4 cm³/mol. The predicted octanol–water partition coefficient (Wildman–Crippen LogP) is 0.684. The van der Waals surface area contributed by atoms with Crippen LogP contribution < -0.4 is 5.32 Å². The number of rotatable bonds is 3. The summed E-state index contributed by atoms with van der Waals surface area (Å²) < 4.78 is 6.60. The molecule has 0 saturated heterocycles. The summed E-state index contributed by atoms with van der Waals surface area (Å²) >= 11 is 0. The van der Waals surface area contributed by atoms with Gasteiger partial charge >= 0.3 is 12.0 Å². The quantitative estimate of drug-likeness (QED) is 0.826. The summed E-state index contributed by atoms with van der Waals surface area (Å²) in [5.41, 5.74) is 2.11. The number of hydrogen-bond acceptors (Lipinski definition) is 4. The monoisotopic (exact) mass is 280 g/mol. The fourth-order valence-electron chi connectivity index (χ4n) is 2.39. The van der Waals surface area contributed by atoms with Gasteiger partial charge in [-0.25, -0.2) is 9.59 Å². The van der Waals surface area contributed by atoms with Gasteiger partial charge in [0.15, 0.2) is 5.69 Å².